The Morgan fingerprint density at radius 1 is 1.14 bits per heavy atom. The van der Waals surface area contributed by atoms with E-state index in [1.807, 2.05) is 43.3 Å². The van der Waals surface area contributed by atoms with E-state index in [0.29, 0.717) is 40.4 Å². The maximum atomic E-state index is 12.8. The minimum absolute atomic E-state index is 0. The van der Waals surface area contributed by atoms with Crippen LogP contribution in [0, 0.1) is 12.8 Å². The number of hydrogen-bond acceptors (Lipinski definition) is 6. The first-order valence-electron chi connectivity index (χ1n) is 12.1. The SMILES string of the molecule is Cc1cc(C(=O)NCC2CCNCC2)nn1Cc1cc(S(C)(=O)=O)cc2cc(-c3ccccc3)oc12.Cl. The summed E-state index contributed by atoms with van der Waals surface area (Å²) >= 11 is 0. The molecule has 0 saturated carbocycles. The van der Waals surface area contributed by atoms with E-state index in [-0.39, 0.29) is 29.8 Å². The maximum absolute atomic E-state index is 12.8. The number of benzene rings is 2. The summed E-state index contributed by atoms with van der Waals surface area (Å²) in [6.45, 7) is 4.75. The molecular weight excluding hydrogens is 512 g/mol. The summed E-state index contributed by atoms with van der Waals surface area (Å²) in [4.78, 5) is 13.0. The van der Waals surface area contributed by atoms with E-state index in [1.165, 1.54) is 6.26 Å². The third-order valence-corrected chi connectivity index (χ3v) is 7.79. The molecule has 1 fully saturated rings. The first-order chi connectivity index (χ1) is 17.3. The molecule has 3 heterocycles. The van der Waals surface area contributed by atoms with E-state index in [4.69, 9.17) is 4.42 Å². The second kappa shape index (κ2) is 11.1. The maximum Gasteiger partial charge on any atom is 0.271 e. The van der Waals surface area contributed by atoms with Crippen molar-refractivity contribution in [2.24, 2.45) is 5.92 Å². The Morgan fingerprint density at radius 2 is 1.86 bits per heavy atom. The lowest BCUT2D eigenvalue weighted by molar-refractivity contribution is 0.0938. The quantitative estimate of drug-likeness (QED) is 0.362. The van der Waals surface area contributed by atoms with Gasteiger partial charge in [0.25, 0.3) is 5.91 Å². The van der Waals surface area contributed by atoms with Gasteiger partial charge < -0.3 is 15.1 Å². The number of amides is 1. The molecular formula is C27H31ClN4O4S. The van der Waals surface area contributed by atoms with Gasteiger partial charge in [0.15, 0.2) is 9.84 Å². The van der Waals surface area contributed by atoms with Crippen molar-refractivity contribution in [2.45, 2.75) is 31.2 Å². The van der Waals surface area contributed by atoms with Crippen molar-refractivity contribution in [3.63, 3.8) is 0 Å². The number of furan rings is 1. The van der Waals surface area contributed by atoms with Gasteiger partial charge in [-0.1, -0.05) is 30.3 Å². The molecule has 0 spiro atoms. The van der Waals surface area contributed by atoms with Gasteiger partial charge >= 0.3 is 0 Å². The number of piperidine rings is 1. The monoisotopic (exact) mass is 542 g/mol. The smallest absolute Gasteiger partial charge is 0.271 e. The Hall–Kier alpha value is -3.14. The molecule has 1 amide bonds. The van der Waals surface area contributed by atoms with E-state index in [1.54, 1.807) is 22.9 Å². The minimum atomic E-state index is -3.44. The van der Waals surface area contributed by atoms with Crippen LogP contribution in [-0.4, -0.2) is 50.0 Å². The van der Waals surface area contributed by atoms with Crippen LogP contribution in [0.25, 0.3) is 22.3 Å². The fourth-order valence-corrected chi connectivity index (χ4v) is 5.33. The van der Waals surface area contributed by atoms with Crippen molar-refractivity contribution in [3.8, 4) is 11.3 Å². The third-order valence-electron chi connectivity index (χ3n) is 6.70. The zero-order valence-corrected chi connectivity index (χ0v) is 22.5. The molecule has 1 saturated heterocycles. The van der Waals surface area contributed by atoms with E-state index >= 15 is 0 Å². The van der Waals surface area contributed by atoms with Gasteiger partial charge in [-0.2, -0.15) is 5.10 Å². The summed E-state index contributed by atoms with van der Waals surface area (Å²) in [5.41, 5.74) is 3.34. The molecule has 8 nitrogen and oxygen atoms in total. The average Bonchev–Trinajstić information content (AvgIpc) is 3.47. The molecule has 2 aromatic carbocycles. The summed E-state index contributed by atoms with van der Waals surface area (Å²) < 4.78 is 32.7. The van der Waals surface area contributed by atoms with Crippen LogP contribution in [0.3, 0.4) is 0 Å². The zero-order chi connectivity index (χ0) is 25.3. The topological polar surface area (TPSA) is 106 Å². The van der Waals surface area contributed by atoms with E-state index in [0.717, 1.165) is 37.2 Å². The lowest BCUT2D eigenvalue weighted by Crippen LogP contribution is -2.36. The van der Waals surface area contributed by atoms with Crippen LogP contribution in [0.15, 0.2) is 63.9 Å². The van der Waals surface area contributed by atoms with Gasteiger partial charge in [-0.25, -0.2) is 8.42 Å². The number of carbonyl (C=O) groups is 1. The fraction of sp³-hybridized carbons (Fsp3) is 0.333. The van der Waals surface area contributed by atoms with Crippen molar-refractivity contribution >= 4 is 39.1 Å². The van der Waals surface area contributed by atoms with Gasteiger partial charge in [-0.15, -0.1) is 12.4 Å². The first-order valence-corrected chi connectivity index (χ1v) is 14.0. The van der Waals surface area contributed by atoms with Gasteiger partial charge in [-0.05, 0) is 63.0 Å². The number of sulfone groups is 1. The highest BCUT2D eigenvalue weighted by Gasteiger charge is 2.20. The Balaban J connectivity index is 0.00000320. The zero-order valence-electron chi connectivity index (χ0n) is 20.9. The Labute approximate surface area is 222 Å². The second-order valence-electron chi connectivity index (χ2n) is 9.48. The summed E-state index contributed by atoms with van der Waals surface area (Å²) in [6.07, 6.45) is 3.29. The fourth-order valence-electron chi connectivity index (χ4n) is 4.63. The summed E-state index contributed by atoms with van der Waals surface area (Å²) in [6, 6.07) is 16.6. The van der Waals surface area contributed by atoms with Crippen molar-refractivity contribution in [2.75, 3.05) is 25.9 Å². The number of nitrogens with one attached hydrogen (secondary N) is 2. The van der Waals surface area contributed by atoms with Crippen molar-refractivity contribution in [3.05, 3.63) is 71.5 Å². The molecule has 196 valence electrons. The van der Waals surface area contributed by atoms with E-state index in [2.05, 4.69) is 15.7 Å². The molecule has 0 atom stereocenters. The molecule has 0 aliphatic carbocycles. The van der Waals surface area contributed by atoms with Gasteiger partial charge in [0, 0.05) is 35.0 Å². The molecule has 10 heteroatoms. The summed E-state index contributed by atoms with van der Waals surface area (Å²) in [7, 11) is -3.44. The molecule has 0 bridgehead atoms. The number of hydrogen-bond donors (Lipinski definition) is 2. The van der Waals surface area contributed by atoms with Crippen LogP contribution in [0.2, 0.25) is 0 Å². The molecule has 37 heavy (non-hydrogen) atoms. The molecule has 2 N–H and O–H groups in total. The molecule has 0 radical (unpaired) electrons. The highest BCUT2D eigenvalue weighted by Crippen LogP contribution is 2.32. The lowest BCUT2D eigenvalue weighted by atomic mass is 9.98. The second-order valence-corrected chi connectivity index (χ2v) is 11.5. The Kier molecular flexibility index (Phi) is 8.06. The molecule has 1 aliphatic rings. The number of carbonyl (C=O) groups excluding carboxylic acids is 1. The molecule has 5 rings (SSSR count). The number of rotatable bonds is 7. The molecule has 0 unspecified atom stereocenters. The number of halogens is 1. The van der Waals surface area contributed by atoms with Gasteiger partial charge in [0.2, 0.25) is 0 Å². The first kappa shape index (κ1) is 26.9. The number of aromatic nitrogens is 2. The lowest BCUT2D eigenvalue weighted by Gasteiger charge is -2.22. The Morgan fingerprint density at radius 3 is 2.57 bits per heavy atom. The minimum Gasteiger partial charge on any atom is -0.456 e. The normalized spacial score (nSPS) is 14.4. The van der Waals surface area contributed by atoms with Crippen molar-refractivity contribution < 1.29 is 17.6 Å². The highest BCUT2D eigenvalue weighted by atomic mass is 35.5. The van der Waals surface area contributed by atoms with Crippen molar-refractivity contribution in [1.29, 1.82) is 0 Å². The number of nitrogens with zero attached hydrogens (tertiary/aromatic N) is 2. The largest absolute Gasteiger partial charge is 0.456 e. The number of aryl methyl sites for hydroxylation is 1. The number of fused-ring (bicyclic) bond motifs is 1. The van der Waals surface area contributed by atoms with Crippen LogP contribution < -0.4 is 10.6 Å². The summed E-state index contributed by atoms with van der Waals surface area (Å²) in [5, 5.41) is 11.6. The predicted octanol–water partition coefficient (Wildman–Crippen LogP) is 4.21. The van der Waals surface area contributed by atoms with E-state index < -0.39 is 9.84 Å². The molecule has 2 aromatic heterocycles. The predicted molar refractivity (Wildman–Crippen MR) is 146 cm³/mol. The van der Waals surface area contributed by atoms with Crippen LogP contribution in [-0.2, 0) is 16.4 Å². The average molecular weight is 543 g/mol. The van der Waals surface area contributed by atoms with Gasteiger partial charge in [-0.3, -0.25) is 9.48 Å². The van der Waals surface area contributed by atoms with Crippen LogP contribution >= 0.6 is 12.4 Å². The Bertz CT molecular complexity index is 1510. The van der Waals surface area contributed by atoms with Crippen LogP contribution in [0.5, 0.6) is 0 Å². The van der Waals surface area contributed by atoms with E-state index in [9.17, 15) is 13.2 Å². The standard InChI is InChI=1S/C27H30N4O4S.ClH/c1-18-12-24(27(32)29-16-19-8-10-28-11-9-19)30-31(18)17-22-14-23(36(2,33)34)13-21-15-25(35-26(21)22)20-6-4-3-5-7-20;/h3-7,12-15,19,28H,8-11,16-17H2,1-2H3,(H,29,32);1H. The molecule has 4 aromatic rings. The molecule has 1 aliphatic heterocycles. The van der Waals surface area contributed by atoms with Gasteiger partial charge in [0.1, 0.15) is 17.0 Å². The van der Waals surface area contributed by atoms with Crippen LogP contribution in [0.1, 0.15) is 34.6 Å². The highest BCUT2D eigenvalue weighted by molar-refractivity contribution is 7.90. The van der Waals surface area contributed by atoms with Crippen molar-refractivity contribution in [1.82, 2.24) is 20.4 Å². The van der Waals surface area contributed by atoms with Gasteiger partial charge in [0.05, 0.1) is 11.4 Å². The third kappa shape index (κ3) is 6.06. The summed E-state index contributed by atoms with van der Waals surface area (Å²) in [5.74, 6) is 0.936. The van der Waals surface area contributed by atoms with Crippen LogP contribution in [0.4, 0.5) is 0 Å².